The van der Waals surface area contributed by atoms with Gasteiger partial charge in [-0.2, -0.15) is 11.3 Å². The second-order valence-electron chi connectivity index (χ2n) is 8.49. The van der Waals surface area contributed by atoms with Crippen molar-refractivity contribution in [3.63, 3.8) is 0 Å². The number of benzene rings is 1. The van der Waals surface area contributed by atoms with Gasteiger partial charge in [0.05, 0.1) is 6.10 Å². The molecule has 1 N–H and O–H groups in total. The number of Topliss-reactive ketones (excluding diaryl/α,β-unsaturated/α-hetero) is 1. The lowest BCUT2D eigenvalue weighted by Crippen LogP contribution is -2.16. The third-order valence-electron chi connectivity index (χ3n) is 4.60. The van der Waals surface area contributed by atoms with Crippen molar-refractivity contribution in [1.82, 2.24) is 4.90 Å². The van der Waals surface area contributed by atoms with E-state index in [1.54, 1.807) is 11.3 Å². The van der Waals surface area contributed by atoms with Crippen LogP contribution in [-0.4, -0.2) is 28.9 Å². The van der Waals surface area contributed by atoms with Crippen molar-refractivity contribution >= 4 is 17.1 Å². The summed E-state index contributed by atoms with van der Waals surface area (Å²) in [5.74, 6) is 6.26. The first-order valence-corrected chi connectivity index (χ1v) is 11.6. The van der Waals surface area contributed by atoms with Crippen LogP contribution in [0, 0.1) is 17.3 Å². The first-order chi connectivity index (χ1) is 14.8. The Balaban J connectivity index is 1.83. The summed E-state index contributed by atoms with van der Waals surface area (Å²) in [6.07, 6.45) is 7.37. The quantitative estimate of drug-likeness (QED) is 0.449. The number of rotatable bonds is 10. The summed E-state index contributed by atoms with van der Waals surface area (Å²) in [7, 11) is 0. The third kappa shape index (κ3) is 9.38. The van der Waals surface area contributed by atoms with Crippen molar-refractivity contribution in [2.45, 2.75) is 46.6 Å². The highest BCUT2D eigenvalue weighted by Crippen LogP contribution is 2.26. The molecule has 0 radical (unpaired) electrons. The zero-order valence-corrected chi connectivity index (χ0v) is 19.8. The van der Waals surface area contributed by atoms with Gasteiger partial charge >= 0.3 is 0 Å². The minimum absolute atomic E-state index is 0.00479. The van der Waals surface area contributed by atoms with Gasteiger partial charge in [-0.1, -0.05) is 42.2 Å². The van der Waals surface area contributed by atoms with Crippen molar-refractivity contribution in [3.05, 3.63) is 71.1 Å². The molecule has 1 aromatic heterocycles. The van der Waals surface area contributed by atoms with Gasteiger partial charge in [-0.15, -0.1) is 0 Å². The highest BCUT2D eigenvalue weighted by molar-refractivity contribution is 7.08. The van der Waals surface area contributed by atoms with Crippen molar-refractivity contribution in [3.8, 4) is 23.0 Å². The first kappa shape index (κ1) is 24.7. The van der Waals surface area contributed by atoms with Crippen molar-refractivity contribution in [1.29, 1.82) is 0 Å². The van der Waals surface area contributed by atoms with E-state index in [-0.39, 0.29) is 17.6 Å². The molecule has 164 valence electrons. The van der Waals surface area contributed by atoms with Crippen LogP contribution in [0.5, 0.6) is 0 Å². The van der Waals surface area contributed by atoms with Gasteiger partial charge in [0.2, 0.25) is 0 Å². The van der Waals surface area contributed by atoms with E-state index in [9.17, 15) is 9.90 Å². The van der Waals surface area contributed by atoms with E-state index in [0.29, 0.717) is 6.42 Å². The van der Waals surface area contributed by atoms with Gasteiger partial charge in [-0.05, 0) is 79.6 Å². The average Bonchev–Trinajstić information content (AvgIpc) is 3.26. The molecule has 1 aromatic carbocycles. The van der Waals surface area contributed by atoms with Gasteiger partial charge in [0.1, 0.15) is 5.78 Å². The van der Waals surface area contributed by atoms with Crippen LogP contribution in [0.1, 0.15) is 52.2 Å². The molecular formula is C27H33NO2S. The smallest absolute Gasteiger partial charge is 0.139 e. The molecule has 1 heterocycles. The van der Waals surface area contributed by atoms with Gasteiger partial charge in [-0.3, -0.25) is 4.79 Å². The van der Waals surface area contributed by atoms with Crippen LogP contribution in [0.4, 0.5) is 0 Å². The number of hydrogen-bond acceptors (Lipinski definition) is 4. The number of likely N-dealkylation sites (N-methyl/N-ethyl adjacent to an activating group) is 1. The predicted octanol–water partition coefficient (Wildman–Crippen LogP) is 6.24. The summed E-state index contributed by atoms with van der Waals surface area (Å²) >= 11 is 1.64. The SMILES string of the molecule is CCN(C=CCC(=O)CC(O)c1cccc(-c2ccsc2)c1)CC=CC#CC(C)(C)C. The van der Waals surface area contributed by atoms with E-state index in [1.807, 2.05) is 54.1 Å². The Morgan fingerprint density at radius 2 is 2.03 bits per heavy atom. The molecule has 1 atom stereocenters. The van der Waals surface area contributed by atoms with E-state index < -0.39 is 6.10 Å². The standard InChI is InChI=1S/C27H33NO2S/c1-5-28(16-8-6-7-15-27(2,3)4)17-10-13-25(29)20-26(30)23-12-9-11-22(19-23)24-14-18-31-21-24/h6,8-12,14,17-19,21,26,30H,5,13,16,20H2,1-4H3. The minimum atomic E-state index is -0.786. The summed E-state index contributed by atoms with van der Waals surface area (Å²) in [6, 6.07) is 9.83. The lowest BCUT2D eigenvalue weighted by atomic mass is 9.98. The lowest BCUT2D eigenvalue weighted by Gasteiger charge is -2.15. The summed E-state index contributed by atoms with van der Waals surface area (Å²) < 4.78 is 0. The van der Waals surface area contributed by atoms with Gasteiger partial charge in [0.25, 0.3) is 0 Å². The van der Waals surface area contributed by atoms with Crippen LogP contribution < -0.4 is 0 Å². The molecule has 0 bridgehead atoms. The van der Waals surface area contributed by atoms with E-state index >= 15 is 0 Å². The molecule has 0 aliphatic heterocycles. The van der Waals surface area contributed by atoms with Crippen LogP contribution >= 0.6 is 11.3 Å². The van der Waals surface area contributed by atoms with Gasteiger partial charge in [-0.25, -0.2) is 0 Å². The lowest BCUT2D eigenvalue weighted by molar-refractivity contribution is -0.120. The number of aliphatic hydroxyl groups is 1. The third-order valence-corrected chi connectivity index (χ3v) is 5.29. The summed E-state index contributed by atoms with van der Waals surface area (Å²) in [6.45, 7) is 9.93. The predicted molar refractivity (Wildman–Crippen MR) is 132 cm³/mol. The maximum atomic E-state index is 12.3. The fraction of sp³-hybridized carbons (Fsp3) is 0.370. The molecule has 3 nitrogen and oxygen atoms in total. The molecule has 31 heavy (non-hydrogen) atoms. The minimum Gasteiger partial charge on any atom is -0.388 e. The first-order valence-electron chi connectivity index (χ1n) is 10.7. The zero-order valence-electron chi connectivity index (χ0n) is 19.0. The monoisotopic (exact) mass is 435 g/mol. The van der Waals surface area contributed by atoms with Crippen molar-refractivity contribution < 1.29 is 9.90 Å². The van der Waals surface area contributed by atoms with Gasteiger partial charge in [0.15, 0.2) is 0 Å². The molecule has 0 amide bonds. The maximum Gasteiger partial charge on any atom is 0.139 e. The summed E-state index contributed by atoms with van der Waals surface area (Å²) in [5, 5.41) is 14.6. The zero-order chi connectivity index (χ0) is 22.7. The molecule has 2 rings (SSSR count). The Morgan fingerprint density at radius 1 is 1.23 bits per heavy atom. The highest BCUT2D eigenvalue weighted by Gasteiger charge is 2.13. The van der Waals surface area contributed by atoms with Gasteiger partial charge in [0, 0.05) is 31.3 Å². The number of ketones is 1. The van der Waals surface area contributed by atoms with E-state index in [0.717, 1.165) is 29.8 Å². The van der Waals surface area contributed by atoms with Crippen LogP contribution in [-0.2, 0) is 4.79 Å². The molecule has 0 fully saturated rings. The Kier molecular flexibility index (Phi) is 9.78. The van der Waals surface area contributed by atoms with Crippen LogP contribution in [0.15, 0.2) is 65.5 Å². The number of nitrogens with zero attached hydrogens (tertiary/aromatic N) is 1. The molecular weight excluding hydrogens is 402 g/mol. The molecule has 4 heteroatoms. The van der Waals surface area contributed by atoms with E-state index in [1.165, 1.54) is 0 Å². The van der Waals surface area contributed by atoms with Crippen molar-refractivity contribution in [2.75, 3.05) is 13.1 Å². The highest BCUT2D eigenvalue weighted by atomic mass is 32.1. The van der Waals surface area contributed by atoms with Crippen molar-refractivity contribution in [2.24, 2.45) is 5.41 Å². The average molecular weight is 436 g/mol. The fourth-order valence-electron chi connectivity index (χ4n) is 2.90. The molecule has 0 saturated carbocycles. The number of carbonyl (C=O) groups is 1. The normalized spacial score (nSPS) is 12.7. The summed E-state index contributed by atoms with van der Waals surface area (Å²) in [5.41, 5.74) is 2.97. The van der Waals surface area contributed by atoms with E-state index in [2.05, 4.69) is 55.9 Å². The molecule has 0 aliphatic carbocycles. The maximum absolute atomic E-state index is 12.3. The number of thiophene rings is 1. The number of carbonyl (C=O) groups excluding carboxylic acids is 1. The molecule has 2 aromatic rings. The number of aliphatic hydroxyl groups excluding tert-OH is 1. The topological polar surface area (TPSA) is 40.5 Å². The van der Waals surface area contributed by atoms with Crippen LogP contribution in [0.3, 0.4) is 0 Å². The number of allylic oxidation sites excluding steroid dienone is 2. The second-order valence-corrected chi connectivity index (χ2v) is 9.27. The van der Waals surface area contributed by atoms with Crippen LogP contribution in [0.25, 0.3) is 11.1 Å². The second kappa shape index (κ2) is 12.3. The largest absolute Gasteiger partial charge is 0.388 e. The molecule has 0 aliphatic rings. The molecule has 0 saturated heterocycles. The Labute approximate surface area is 191 Å². The Hall–Kier alpha value is -2.61. The Bertz CT molecular complexity index is 940. The Morgan fingerprint density at radius 3 is 2.71 bits per heavy atom. The van der Waals surface area contributed by atoms with Crippen LogP contribution in [0.2, 0.25) is 0 Å². The van der Waals surface area contributed by atoms with E-state index in [4.69, 9.17) is 0 Å². The summed E-state index contributed by atoms with van der Waals surface area (Å²) in [4.78, 5) is 14.5. The molecule has 1 unspecified atom stereocenters. The number of hydrogen-bond donors (Lipinski definition) is 1. The van der Waals surface area contributed by atoms with Gasteiger partial charge < -0.3 is 10.0 Å². The fourth-order valence-corrected chi connectivity index (χ4v) is 3.57. The molecule has 0 spiro atoms.